The van der Waals surface area contributed by atoms with Crippen molar-refractivity contribution >= 4 is 11.9 Å². The molecule has 2 aliphatic heterocycles. The van der Waals surface area contributed by atoms with Crippen LogP contribution in [0.3, 0.4) is 0 Å². The Balaban J connectivity index is 1.75. The van der Waals surface area contributed by atoms with Crippen molar-refractivity contribution < 1.29 is 19.1 Å². The van der Waals surface area contributed by atoms with Gasteiger partial charge >= 0.3 is 5.97 Å². The van der Waals surface area contributed by atoms with Crippen LogP contribution in [0.4, 0.5) is 0 Å². The Bertz CT molecular complexity index is 1010. The van der Waals surface area contributed by atoms with E-state index in [9.17, 15) is 9.59 Å². The van der Waals surface area contributed by atoms with Crippen molar-refractivity contribution in [3.63, 3.8) is 0 Å². The summed E-state index contributed by atoms with van der Waals surface area (Å²) in [6, 6.07) is 20.1. The Morgan fingerprint density at radius 2 is 1.59 bits per heavy atom. The van der Waals surface area contributed by atoms with E-state index in [2.05, 4.69) is 24.3 Å². The predicted molar refractivity (Wildman–Crippen MR) is 131 cm³/mol. The molecule has 6 nitrogen and oxygen atoms in total. The standard InChI is InChI=1S/C28H32N2O4/c1-3-34-28(32)24-17-23(27(31)30-16-10-15-25(30)20-33-2)18-29(19-24)26(21-11-6-4-7-12-21)22-13-8-5-9-14-22/h4-9,11-14,18-19,25-26H,3,10,15-17,20H2,1-2H3/t25-/m0/s1. The molecule has 2 aromatic carbocycles. The van der Waals surface area contributed by atoms with Gasteiger partial charge in [-0.1, -0.05) is 60.7 Å². The molecule has 0 aliphatic carbocycles. The van der Waals surface area contributed by atoms with Gasteiger partial charge in [0.25, 0.3) is 5.91 Å². The topological polar surface area (TPSA) is 59.1 Å². The third kappa shape index (κ3) is 5.23. The highest BCUT2D eigenvalue weighted by molar-refractivity contribution is 5.98. The number of hydrogen-bond donors (Lipinski definition) is 0. The number of nitrogens with zero attached hydrogens (tertiary/aromatic N) is 2. The number of amides is 1. The summed E-state index contributed by atoms with van der Waals surface area (Å²) in [5.74, 6) is -0.431. The van der Waals surface area contributed by atoms with Crippen LogP contribution in [0.5, 0.6) is 0 Å². The molecule has 2 heterocycles. The first-order valence-corrected chi connectivity index (χ1v) is 11.9. The first-order valence-electron chi connectivity index (χ1n) is 11.9. The minimum atomic E-state index is -0.388. The van der Waals surface area contributed by atoms with E-state index in [-0.39, 0.29) is 37.0 Å². The van der Waals surface area contributed by atoms with E-state index in [0.717, 1.165) is 24.0 Å². The van der Waals surface area contributed by atoms with Gasteiger partial charge in [0.2, 0.25) is 0 Å². The third-order valence-corrected chi connectivity index (χ3v) is 6.33. The normalized spacial score (nSPS) is 18.0. The smallest absolute Gasteiger partial charge is 0.335 e. The van der Waals surface area contributed by atoms with Crippen LogP contribution in [-0.2, 0) is 19.1 Å². The molecular formula is C28H32N2O4. The van der Waals surface area contributed by atoms with E-state index >= 15 is 0 Å². The zero-order valence-corrected chi connectivity index (χ0v) is 19.9. The molecule has 2 aliphatic rings. The number of benzene rings is 2. The second kappa shape index (κ2) is 11.2. The summed E-state index contributed by atoms with van der Waals surface area (Å²) in [5, 5.41) is 0. The highest BCUT2D eigenvalue weighted by Gasteiger charge is 2.34. The lowest BCUT2D eigenvalue weighted by Gasteiger charge is -2.34. The lowest BCUT2D eigenvalue weighted by Crippen LogP contribution is -2.40. The first-order chi connectivity index (χ1) is 16.6. The fraction of sp³-hybridized carbons (Fsp3) is 0.357. The summed E-state index contributed by atoms with van der Waals surface area (Å²) in [5.41, 5.74) is 3.20. The van der Waals surface area contributed by atoms with E-state index in [4.69, 9.17) is 9.47 Å². The number of hydrogen-bond acceptors (Lipinski definition) is 5. The Hall–Kier alpha value is -3.38. The van der Waals surface area contributed by atoms with Crippen molar-refractivity contribution in [2.24, 2.45) is 0 Å². The van der Waals surface area contributed by atoms with E-state index in [1.807, 2.05) is 58.6 Å². The van der Waals surface area contributed by atoms with Gasteiger partial charge in [0.05, 0.1) is 30.9 Å². The molecule has 0 aromatic heterocycles. The Morgan fingerprint density at radius 1 is 0.971 bits per heavy atom. The minimum Gasteiger partial charge on any atom is -0.463 e. The Labute approximate surface area is 201 Å². The maximum Gasteiger partial charge on any atom is 0.335 e. The highest BCUT2D eigenvalue weighted by Crippen LogP contribution is 2.35. The maximum atomic E-state index is 13.6. The molecule has 0 unspecified atom stereocenters. The molecule has 0 radical (unpaired) electrons. The fourth-order valence-corrected chi connectivity index (χ4v) is 4.78. The largest absolute Gasteiger partial charge is 0.463 e. The summed E-state index contributed by atoms with van der Waals surface area (Å²) < 4.78 is 10.7. The monoisotopic (exact) mass is 460 g/mol. The first kappa shape index (κ1) is 23.8. The molecule has 0 bridgehead atoms. The van der Waals surface area contributed by atoms with Gasteiger partial charge in [-0.25, -0.2) is 4.79 Å². The molecule has 1 saturated heterocycles. The molecule has 0 N–H and O–H groups in total. The number of ether oxygens (including phenoxy) is 2. The number of rotatable bonds is 8. The molecule has 34 heavy (non-hydrogen) atoms. The second-order valence-corrected chi connectivity index (χ2v) is 8.63. The van der Waals surface area contributed by atoms with Crippen LogP contribution in [0.15, 0.2) is 84.2 Å². The van der Waals surface area contributed by atoms with Crippen LogP contribution in [0, 0.1) is 0 Å². The van der Waals surface area contributed by atoms with E-state index in [0.29, 0.717) is 24.3 Å². The molecule has 6 heteroatoms. The van der Waals surface area contributed by atoms with Crippen molar-refractivity contribution in [2.75, 3.05) is 26.9 Å². The van der Waals surface area contributed by atoms with E-state index in [1.54, 1.807) is 14.0 Å². The average molecular weight is 461 g/mol. The fourth-order valence-electron chi connectivity index (χ4n) is 4.78. The number of esters is 1. The Morgan fingerprint density at radius 3 is 2.18 bits per heavy atom. The lowest BCUT2D eigenvalue weighted by molar-refractivity contribution is -0.138. The maximum absolute atomic E-state index is 13.6. The van der Waals surface area contributed by atoms with Crippen molar-refractivity contribution in [3.05, 3.63) is 95.3 Å². The van der Waals surface area contributed by atoms with Gasteiger partial charge in [-0.15, -0.1) is 0 Å². The van der Waals surface area contributed by atoms with Crippen LogP contribution >= 0.6 is 0 Å². The molecule has 1 amide bonds. The zero-order chi connectivity index (χ0) is 23.9. The second-order valence-electron chi connectivity index (χ2n) is 8.63. The van der Waals surface area contributed by atoms with Crippen molar-refractivity contribution in [1.82, 2.24) is 9.80 Å². The van der Waals surface area contributed by atoms with Crippen molar-refractivity contribution in [3.8, 4) is 0 Å². The van der Waals surface area contributed by atoms with Gasteiger partial charge in [0, 0.05) is 38.0 Å². The zero-order valence-electron chi connectivity index (χ0n) is 19.9. The number of carbonyl (C=O) groups is 2. The molecule has 4 rings (SSSR count). The third-order valence-electron chi connectivity index (χ3n) is 6.33. The van der Waals surface area contributed by atoms with E-state index < -0.39 is 0 Å². The average Bonchev–Trinajstić information content (AvgIpc) is 3.33. The molecule has 0 spiro atoms. The SMILES string of the molecule is CCOC(=O)C1=CN(C(c2ccccc2)c2ccccc2)C=C(C(=O)N2CCC[C@H]2COC)C1. The summed E-state index contributed by atoms with van der Waals surface area (Å²) in [6.07, 6.45) is 5.86. The Kier molecular flexibility index (Phi) is 7.80. The van der Waals surface area contributed by atoms with Crippen LogP contribution < -0.4 is 0 Å². The summed E-state index contributed by atoms with van der Waals surface area (Å²) in [4.78, 5) is 30.3. The van der Waals surface area contributed by atoms with Gasteiger partial charge < -0.3 is 19.3 Å². The number of likely N-dealkylation sites (tertiary alicyclic amines) is 1. The van der Waals surface area contributed by atoms with Crippen LogP contribution in [0.2, 0.25) is 0 Å². The summed E-state index contributed by atoms with van der Waals surface area (Å²) in [7, 11) is 1.66. The van der Waals surface area contributed by atoms with Gasteiger partial charge in [0.1, 0.15) is 0 Å². The van der Waals surface area contributed by atoms with E-state index in [1.165, 1.54) is 0 Å². The summed E-state index contributed by atoms with van der Waals surface area (Å²) in [6.45, 7) is 3.28. The predicted octanol–water partition coefficient (Wildman–Crippen LogP) is 4.45. The van der Waals surface area contributed by atoms with Crippen LogP contribution in [-0.4, -0.2) is 54.6 Å². The van der Waals surface area contributed by atoms with Crippen molar-refractivity contribution in [2.45, 2.75) is 38.3 Å². The lowest BCUT2D eigenvalue weighted by atomic mass is 9.94. The molecule has 1 fully saturated rings. The van der Waals surface area contributed by atoms with Gasteiger partial charge in [0.15, 0.2) is 0 Å². The number of methoxy groups -OCH3 is 1. The highest BCUT2D eigenvalue weighted by atomic mass is 16.5. The van der Waals surface area contributed by atoms with Crippen LogP contribution in [0.1, 0.15) is 43.4 Å². The molecule has 1 atom stereocenters. The molecular weight excluding hydrogens is 428 g/mol. The molecule has 2 aromatic rings. The quantitative estimate of drug-likeness (QED) is 0.545. The van der Waals surface area contributed by atoms with Gasteiger partial charge in [-0.05, 0) is 30.9 Å². The van der Waals surface area contributed by atoms with Crippen molar-refractivity contribution in [1.29, 1.82) is 0 Å². The van der Waals surface area contributed by atoms with Crippen LogP contribution in [0.25, 0.3) is 0 Å². The minimum absolute atomic E-state index is 0.0423. The van der Waals surface area contributed by atoms with Gasteiger partial charge in [-0.2, -0.15) is 0 Å². The molecule has 0 saturated carbocycles. The molecule has 178 valence electrons. The van der Waals surface area contributed by atoms with Gasteiger partial charge in [-0.3, -0.25) is 4.79 Å². The summed E-state index contributed by atoms with van der Waals surface area (Å²) >= 11 is 0. The number of carbonyl (C=O) groups excluding carboxylic acids is 2.